The molecule has 0 aliphatic heterocycles. The lowest BCUT2D eigenvalue weighted by Crippen LogP contribution is -2.30. The summed E-state index contributed by atoms with van der Waals surface area (Å²) in [6, 6.07) is 11.9. The summed E-state index contributed by atoms with van der Waals surface area (Å²) in [4.78, 5) is 15.2. The fourth-order valence-electron chi connectivity index (χ4n) is 3.08. The Balaban J connectivity index is 2.01. The molecule has 0 spiro atoms. The van der Waals surface area contributed by atoms with Crippen LogP contribution in [0, 0.1) is 5.82 Å². The van der Waals surface area contributed by atoms with Crippen LogP contribution in [0.2, 0.25) is 5.02 Å². The summed E-state index contributed by atoms with van der Waals surface area (Å²) in [6.45, 7) is 0. The van der Waals surface area contributed by atoms with Crippen molar-refractivity contribution in [1.82, 2.24) is 9.55 Å². The van der Waals surface area contributed by atoms with Crippen molar-refractivity contribution >= 4 is 22.6 Å². The zero-order valence-corrected chi connectivity index (χ0v) is 11.8. The summed E-state index contributed by atoms with van der Waals surface area (Å²) in [5, 5.41) is 0.562. The summed E-state index contributed by atoms with van der Waals surface area (Å²) < 4.78 is 15.8. The SMILES string of the molecule is O=c1[nH]c2cc(Cl)ccc2n1C1(c2ccccc2F)CC1. The van der Waals surface area contributed by atoms with Crippen LogP contribution in [0.3, 0.4) is 0 Å². The maximum atomic E-state index is 14.2. The van der Waals surface area contributed by atoms with Gasteiger partial charge in [0.2, 0.25) is 0 Å². The molecule has 0 radical (unpaired) electrons. The van der Waals surface area contributed by atoms with E-state index in [1.165, 1.54) is 6.07 Å². The molecule has 0 atom stereocenters. The van der Waals surface area contributed by atoms with Crippen LogP contribution in [-0.4, -0.2) is 9.55 Å². The van der Waals surface area contributed by atoms with Crippen molar-refractivity contribution in [3.05, 3.63) is 69.4 Å². The first-order chi connectivity index (χ1) is 10.1. The second-order valence-electron chi connectivity index (χ2n) is 5.44. The highest BCUT2D eigenvalue weighted by Gasteiger charge is 2.49. The van der Waals surface area contributed by atoms with Gasteiger partial charge in [-0.2, -0.15) is 0 Å². The molecule has 1 aliphatic carbocycles. The molecule has 0 bridgehead atoms. The van der Waals surface area contributed by atoms with E-state index in [0.717, 1.165) is 18.4 Å². The van der Waals surface area contributed by atoms with Crippen LogP contribution >= 0.6 is 11.6 Å². The number of aromatic nitrogens is 2. The third-order valence-corrected chi connectivity index (χ3v) is 4.41. The summed E-state index contributed by atoms with van der Waals surface area (Å²) in [7, 11) is 0. The van der Waals surface area contributed by atoms with E-state index >= 15 is 0 Å². The molecular formula is C16H12ClFN2O. The zero-order chi connectivity index (χ0) is 14.6. The second kappa shape index (κ2) is 4.21. The Bertz CT molecular complexity index is 908. The van der Waals surface area contributed by atoms with Gasteiger partial charge in [0.05, 0.1) is 16.6 Å². The number of imidazole rings is 1. The number of halogens is 2. The van der Waals surface area contributed by atoms with Gasteiger partial charge in [0.15, 0.2) is 0 Å². The number of hydrogen-bond acceptors (Lipinski definition) is 1. The van der Waals surface area contributed by atoms with Crippen molar-refractivity contribution in [1.29, 1.82) is 0 Å². The number of nitrogens with zero attached hydrogens (tertiary/aromatic N) is 1. The molecule has 1 fully saturated rings. The molecule has 2 aromatic carbocycles. The minimum Gasteiger partial charge on any atom is -0.305 e. The molecule has 5 heteroatoms. The molecule has 0 saturated heterocycles. The van der Waals surface area contributed by atoms with Crippen LogP contribution in [0.15, 0.2) is 47.3 Å². The molecule has 3 nitrogen and oxygen atoms in total. The van der Waals surface area contributed by atoms with Crippen molar-refractivity contribution in [3.8, 4) is 0 Å². The number of hydrogen-bond donors (Lipinski definition) is 1. The average molecular weight is 303 g/mol. The molecule has 106 valence electrons. The quantitative estimate of drug-likeness (QED) is 0.771. The molecule has 3 aromatic rings. The van der Waals surface area contributed by atoms with E-state index in [0.29, 0.717) is 16.1 Å². The highest BCUT2D eigenvalue weighted by atomic mass is 35.5. The maximum Gasteiger partial charge on any atom is 0.327 e. The van der Waals surface area contributed by atoms with E-state index in [1.54, 1.807) is 41.0 Å². The third kappa shape index (κ3) is 1.75. The molecule has 1 saturated carbocycles. The largest absolute Gasteiger partial charge is 0.327 e. The summed E-state index contributed by atoms with van der Waals surface area (Å²) in [5.41, 5.74) is 1.20. The lowest BCUT2D eigenvalue weighted by Gasteiger charge is -2.18. The van der Waals surface area contributed by atoms with Gasteiger partial charge in [-0.25, -0.2) is 9.18 Å². The first-order valence-electron chi connectivity index (χ1n) is 6.78. The van der Waals surface area contributed by atoms with Gasteiger partial charge in [0.1, 0.15) is 5.82 Å². The first-order valence-corrected chi connectivity index (χ1v) is 7.15. The summed E-state index contributed by atoms with van der Waals surface area (Å²) in [5.74, 6) is -0.273. The minimum atomic E-state index is -0.575. The molecular weight excluding hydrogens is 291 g/mol. The Morgan fingerprint density at radius 1 is 1.19 bits per heavy atom. The van der Waals surface area contributed by atoms with Crippen molar-refractivity contribution in [2.45, 2.75) is 18.4 Å². The van der Waals surface area contributed by atoms with Crippen LogP contribution in [0.1, 0.15) is 18.4 Å². The summed E-state index contributed by atoms with van der Waals surface area (Å²) >= 11 is 5.96. The third-order valence-electron chi connectivity index (χ3n) is 4.17. The van der Waals surface area contributed by atoms with Gasteiger partial charge >= 0.3 is 5.69 Å². The van der Waals surface area contributed by atoms with Gasteiger partial charge in [0.25, 0.3) is 0 Å². The monoisotopic (exact) mass is 302 g/mol. The van der Waals surface area contributed by atoms with Crippen molar-refractivity contribution in [2.24, 2.45) is 0 Å². The Morgan fingerprint density at radius 3 is 2.67 bits per heavy atom. The zero-order valence-electron chi connectivity index (χ0n) is 11.1. The number of fused-ring (bicyclic) bond motifs is 1. The molecule has 1 aliphatic rings. The molecule has 4 rings (SSSR count). The predicted molar refractivity (Wildman–Crippen MR) is 80.3 cm³/mol. The van der Waals surface area contributed by atoms with Crippen LogP contribution in [0.5, 0.6) is 0 Å². The van der Waals surface area contributed by atoms with E-state index in [-0.39, 0.29) is 11.5 Å². The van der Waals surface area contributed by atoms with Gasteiger partial charge in [-0.3, -0.25) is 4.57 Å². The lowest BCUT2D eigenvalue weighted by molar-refractivity contribution is 0.518. The fourth-order valence-corrected chi connectivity index (χ4v) is 3.25. The van der Waals surface area contributed by atoms with Crippen molar-refractivity contribution in [3.63, 3.8) is 0 Å². The highest BCUT2D eigenvalue weighted by molar-refractivity contribution is 6.31. The topological polar surface area (TPSA) is 37.8 Å². The smallest absolute Gasteiger partial charge is 0.305 e. The van der Waals surface area contributed by atoms with E-state index < -0.39 is 5.54 Å². The number of aromatic amines is 1. The number of H-pyrrole nitrogens is 1. The second-order valence-corrected chi connectivity index (χ2v) is 5.87. The van der Waals surface area contributed by atoms with Crippen LogP contribution in [-0.2, 0) is 5.54 Å². The Kier molecular flexibility index (Phi) is 2.54. The van der Waals surface area contributed by atoms with Gasteiger partial charge in [-0.05, 0) is 37.1 Å². The number of rotatable bonds is 2. The normalized spacial score (nSPS) is 16.3. The maximum absolute atomic E-state index is 14.2. The van der Waals surface area contributed by atoms with Crippen LogP contribution in [0.4, 0.5) is 4.39 Å². The molecule has 1 N–H and O–H groups in total. The average Bonchev–Trinajstić information content (AvgIpc) is 3.17. The van der Waals surface area contributed by atoms with Gasteiger partial charge in [-0.15, -0.1) is 0 Å². The molecule has 0 amide bonds. The molecule has 21 heavy (non-hydrogen) atoms. The fraction of sp³-hybridized carbons (Fsp3) is 0.188. The van der Waals surface area contributed by atoms with Gasteiger partial charge < -0.3 is 4.98 Å². The first kappa shape index (κ1) is 12.7. The molecule has 1 aromatic heterocycles. The van der Waals surface area contributed by atoms with Crippen molar-refractivity contribution < 1.29 is 4.39 Å². The van der Waals surface area contributed by atoms with Crippen molar-refractivity contribution in [2.75, 3.05) is 0 Å². The lowest BCUT2D eigenvalue weighted by atomic mass is 10.0. The van der Waals surface area contributed by atoms with E-state index in [9.17, 15) is 9.18 Å². The van der Waals surface area contributed by atoms with Crippen LogP contribution < -0.4 is 5.69 Å². The molecule has 0 unspecified atom stereocenters. The summed E-state index contributed by atoms with van der Waals surface area (Å²) in [6.07, 6.45) is 1.51. The molecule has 1 heterocycles. The van der Waals surface area contributed by atoms with Gasteiger partial charge in [0, 0.05) is 10.6 Å². The number of nitrogens with one attached hydrogen (secondary N) is 1. The minimum absolute atomic E-state index is 0.229. The van der Waals surface area contributed by atoms with E-state index in [1.807, 2.05) is 0 Å². The Morgan fingerprint density at radius 2 is 1.95 bits per heavy atom. The van der Waals surface area contributed by atoms with Crippen LogP contribution in [0.25, 0.3) is 11.0 Å². The standard InChI is InChI=1S/C16H12ClFN2O/c17-10-5-6-14-13(9-10)19-15(21)20(14)16(7-8-16)11-3-1-2-4-12(11)18/h1-6,9H,7-8H2,(H,19,21). The Hall–Kier alpha value is -2.07. The number of benzene rings is 2. The van der Waals surface area contributed by atoms with Gasteiger partial charge in [-0.1, -0.05) is 29.8 Å². The predicted octanol–water partition coefficient (Wildman–Crippen LogP) is 3.66. The van der Waals surface area contributed by atoms with E-state index in [2.05, 4.69) is 4.98 Å². The highest BCUT2D eigenvalue weighted by Crippen LogP contribution is 2.50. The Labute approximate surface area is 125 Å². The van der Waals surface area contributed by atoms with E-state index in [4.69, 9.17) is 11.6 Å².